The Hall–Kier alpha value is -1.23. The number of carbonyl (C=O) groups is 2. The van der Waals surface area contributed by atoms with Crippen LogP contribution in [0.2, 0.25) is 0 Å². The highest BCUT2D eigenvalue weighted by molar-refractivity contribution is 8.25. The zero-order valence-electron chi connectivity index (χ0n) is 7.02. The molecule has 0 fully saturated rings. The Bertz CT molecular complexity index is 190. The van der Waals surface area contributed by atoms with Crippen LogP contribution in [0.5, 0.6) is 0 Å². The lowest BCUT2D eigenvalue weighted by Crippen LogP contribution is -2.04. The fraction of sp³-hybridized carbons (Fsp3) is 0.250. The maximum atomic E-state index is 10.7. The van der Waals surface area contributed by atoms with Gasteiger partial charge in [-0.25, -0.2) is 9.59 Å². The number of ether oxygens (including phenoxy) is 2. The first-order chi connectivity index (χ1) is 6.20. The number of hydrogen-bond acceptors (Lipinski definition) is 5. The van der Waals surface area contributed by atoms with Gasteiger partial charge in [0.2, 0.25) is 0 Å². The first-order valence-electron chi connectivity index (χ1n) is 3.44. The van der Waals surface area contributed by atoms with Crippen LogP contribution in [0.15, 0.2) is 25.3 Å². The molecule has 4 nitrogen and oxygen atoms in total. The predicted octanol–water partition coefficient (Wildman–Crippen LogP) is 2.36. The van der Waals surface area contributed by atoms with Crippen LogP contribution in [0.4, 0.5) is 9.59 Å². The molecule has 0 aliphatic carbocycles. The molecule has 0 N–H and O–H groups in total. The highest BCUT2D eigenvalue weighted by Gasteiger charge is 2.11. The van der Waals surface area contributed by atoms with Crippen molar-refractivity contribution < 1.29 is 19.1 Å². The second kappa shape index (κ2) is 7.42. The molecule has 0 saturated carbocycles. The summed E-state index contributed by atoms with van der Waals surface area (Å²) in [5.41, 5.74) is 0. The van der Waals surface area contributed by atoms with Crippen LogP contribution in [0, 0.1) is 0 Å². The summed E-state index contributed by atoms with van der Waals surface area (Å²) in [6.45, 7) is 6.86. The molecule has 0 aliphatic heterocycles. The molecular formula is C8H10O4S. The minimum Gasteiger partial charge on any atom is -0.453 e. The fourth-order valence-corrected chi connectivity index (χ4v) is 0.771. The minimum atomic E-state index is -0.700. The molecule has 5 heteroatoms. The Balaban J connectivity index is 3.58. The van der Waals surface area contributed by atoms with Gasteiger partial charge in [0.15, 0.2) is 0 Å². The quantitative estimate of drug-likeness (QED) is 0.517. The van der Waals surface area contributed by atoms with E-state index < -0.39 is 10.6 Å². The van der Waals surface area contributed by atoms with Gasteiger partial charge in [0.25, 0.3) is 0 Å². The topological polar surface area (TPSA) is 52.6 Å². The van der Waals surface area contributed by atoms with E-state index >= 15 is 0 Å². The third-order valence-corrected chi connectivity index (χ3v) is 1.37. The van der Waals surface area contributed by atoms with E-state index in [9.17, 15) is 9.59 Å². The van der Waals surface area contributed by atoms with Crippen LogP contribution in [0.25, 0.3) is 0 Å². The summed E-state index contributed by atoms with van der Waals surface area (Å²) in [6.07, 6.45) is 2.82. The van der Waals surface area contributed by atoms with Gasteiger partial charge >= 0.3 is 10.6 Å². The van der Waals surface area contributed by atoms with Gasteiger partial charge in [-0.05, 0) is 0 Å². The fourth-order valence-electron chi connectivity index (χ4n) is 0.381. The summed E-state index contributed by atoms with van der Waals surface area (Å²) in [5, 5.41) is -1.40. The lowest BCUT2D eigenvalue weighted by atomic mass is 10.7. The molecule has 0 aromatic rings. The van der Waals surface area contributed by atoms with Crippen LogP contribution in [-0.2, 0) is 9.47 Å². The summed E-state index contributed by atoms with van der Waals surface area (Å²) in [5.74, 6) is 0. The SMILES string of the molecule is C=CCOC(=O)SC(=O)OCC=C. The van der Waals surface area contributed by atoms with Crippen molar-refractivity contribution in [2.24, 2.45) is 0 Å². The number of thioether (sulfide) groups is 1. The van der Waals surface area contributed by atoms with Crippen LogP contribution in [0.1, 0.15) is 0 Å². The van der Waals surface area contributed by atoms with Gasteiger partial charge in [-0.3, -0.25) is 0 Å². The molecular weight excluding hydrogens is 192 g/mol. The van der Waals surface area contributed by atoms with E-state index in [4.69, 9.17) is 0 Å². The third-order valence-electron chi connectivity index (χ3n) is 0.805. The summed E-state index contributed by atoms with van der Waals surface area (Å²) in [7, 11) is 0. The molecule has 0 radical (unpaired) electrons. The molecule has 72 valence electrons. The van der Waals surface area contributed by atoms with Gasteiger partial charge in [-0.2, -0.15) is 0 Å². The molecule has 0 rings (SSSR count). The Labute approximate surface area is 80.6 Å². The van der Waals surface area contributed by atoms with E-state index in [0.717, 1.165) is 0 Å². The predicted molar refractivity (Wildman–Crippen MR) is 50.7 cm³/mol. The van der Waals surface area contributed by atoms with E-state index in [-0.39, 0.29) is 13.2 Å². The molecule has 0 saturated heterocycles. The zero-order chi connectivity index (χ0) is 10.1. The van der Waals surface area contributed by atoms with E-state index in [1.54, 1.807) is 0 Å². The molecule has 0 aromatic heterocycles. The van der Waals surface area contributed by atoms with Crippen molar-refractivity contribution in [2.75, 3.05) is 13.2 Å². The third kappa shape index (κ3) is 7.14. The summed E-state index contributed by atoms with van der Waals surface area (Å²) in [6, 6.07) is 0. The average Bonchev–Trinajstić information content (AvgIpc) is 2.11. The number of rotatable bonds is 4. The maximum Gasteiger partial charge on any atom is 0.378 e. The lowest BCUT2D eigenvalue weighted by Gasteiger charge is -2.00. The molecule has 0 amide bonds. The normalized spacial score (nSPS) is 8.62. The minimum absolute atomic E-state index is 0.0839. The molecule has 0 unspecified atom stereocenters. The standard InChI is InChI=1S/C8H10O4S/c1-3-5-11-7(9)13-8(10)12-6-4-2/h3-4H,1-2,5-6H2. The molecule has 0 atom stereocenters. The Morgan fingerprint density at radius 2 is 1.46 bits per heavy atom. The second-order valence-corrected chi connectivity index (χ2v) is 2.67. The van der Waals surface area contributed by atoms with E-state index in [0.29, 0.717) is 11.8 Å². The van der Waals surface area contributed by atoms with Crippen molar-refractivity contribution in [3.8, 4) is 0 Å². The summed E-state index contributed by atoms with van der Waals surface area (Å²) < 4.78 is 9.04. The van der Waals surface area contributed by atoms with Gasteiger partial charge in [-0.15, -0.1) is 0 Å². The first kappa shape index (κ1) is 11.8. The van der Waals surface area contributed by atoms with Crippen LogP contribution >= 0.6 is 11.8 Å². The van der Waals surface area contributed by atoms with E-state index in [2.05, 4.69) is 22.6 Å². The van der Waals surface area contributed by atoms with E-state index in [1.807, 2.05) is 0 Å². The zero-order valence-corrected chi connectivity index (χ0v) is 7.84. The van der Waals surface area contributed by atoms with E-state index in [1.165, 1.54) is 12.2 Å². The Morgan fingerprint density at radius 3 is 1.77 bits per heavy atom. The van der Waals surface area contributed by atoms with Crippen molar-refractivity contribution in [1.29, 1.82) is 0 Å². The lowest BCUT2D eigenvalue weighted by molar-refractivity contribution is 0.182. The van der Waals surface area contributed by atoms with Crippen LogP contribution in [-0.4, -0.2) is 23.8 Å². The van der Waals surface area contributed by atoms with Crippen molar-refractivity contribution >= 4 is 22.4 Å². The first-order valence-corrected chi connectivity index (χ1v) is 4.25. The van der Waals surface area contributed by atoms with Crippen molar-refractivity contribution in [3.05, 3.63) is 25.3 Å². The van der Waals surface area contributed by atoms with Crippen molar-refractivity contribution in [1.82, 2.24) is 0 Å². The Morgan fingerprint density at radius 1 is 1.08 bits per heavy atom. The second-order valence-electron chi connectivity index (χ2n) is 1.80. The van der Waals surface area contributed by atoms with Crippen LogP contribution < -0.4 is 0 Å². The average molecular weight is 202 g/mol. The molecule has 0 bridgehead atoms. The highest BCUT2D eigenvalue weighted by atomic mass is 32.2. The summed E-state index contributed by atoms with van der Waals surface area (Å²) in [4.78, 5) is 21.5. The van der Waals surface area contributed by atoms with Gasteiger partial charge < -0.3 is 9.47 Å². The molecule has 0 aromatic carbocycles. The molecule has 0 spiro atoms. The monoisotopic (exact) mass is 202 g/mol. The molecule has 0 aliphatic rings. The Kier molecular flexibility index (Phi) is 6.72. The van der Waals surface area contributed by atoms with Crippen molar-refractivity contribution in [2.45, 2.75) is 0 Å². The molecule has 0 heterocycles. The maximum absolute atomic E-state index is 10.7. The summed E-state index contributed by atoms with van der Waals surface area (Å²) >= 11 is 0.362. The van der Waals surface area contributed by atoms with Gasteiger partial charge in [0, 0.05) is 0 Å². The molecule has 13 heavy (non-hydrogen) atoms. The van der Waals surface area contributed by atoms with Crippen molar-refractivity contribution in [3.63, 3.8) is 0 Å². The number of hydrogen-bond donors (Lipinski definition) is 0. The largest absolute Gasteiger partial charge is 0.453 e. The highest BCUT2D eigenvalue weighted by Crippen LogP contribution is 2.08. The smallest absolute Gasteiger partial charge is 0.378 e. The number of carbonyl (C=O) groups excluding carboxylic acids is 2. The van der Waals surface area contributed by atoms with Crippen LogP contribution in [0.3, 0.4) is 0 Å². The van der Waals surface area contributed by atoms with Gasteiger partial charge in [0.05, 0.1) is 11.8 Å². The van der Waals surface area contributed by atoms with Gasteiger partial charge in [-0.1, -0.05) is 25.3 Å². The van der Waals surface area contributed by atoms with Gasteiger partial charge in [0.1, 0.15) is 13.2 Å².